The summed E-state index contributed by atoms with van der Waals surface area (Å²) in [6.07, 6.45) is 5.39. The lowest BCUT2D eigenvalue weighted by atomic mass is 9.80. The molecule has 3 rings (SSSR count). The van der Waals surface area contributed by atoms with Gasteiger partial charge in [0.15, 0.2) is 0 Å². The van der Waals surface area contributed by atoms with Gasteiger partial charge < -0.3 is 5.73 Å². The van der Waals surface area contributed by atoms with Crippen molar-refractivity contribution in [2.45, 2.75) is 37.6 Å². The number of hydrogen-bond donors (Lipinski definition) is 1. The molecule has 1 fully saturated rings. The first-order valence-corrected chi connectivity index (χ1v) is 6.54. The molecule has 1 aliphatic carbocycles. The zero-order valence-corrected chi connectivity index (χ0v) is 10.3. The van der Waals surface area contributed by atoms with Gasteiger partial charge in [-0.15, -0.1) is 0 Å². The molecule has 0 unspecified atom stereocenters. The number of para-hydroxylation sites is 1. The van der Waals surface area contributed by atoms with Crippen LogP contribution < -0.4 is 5.73 Å². The van der Waals surface area contributed by atoms with Crippen molar-refractivity contribution >= 4 is 10.9 Å². The summed E-state index contributed by atoms with van der Waals surface area (Å²) in [5.41, 5.74) is 7.34. The summed E-state index contributed by atoms with van der Waals surface area (Å²) in [6.45, 7) is 0. The first-order valence-electron chi connectivity index (χ1n) is 6.54. The van der Waals surface area contributed by atoms with Crippen molar-refractivity contribution in [1.82, 2.24) is 4.98 Å². The van der Waals surface area contributed by atoms with E-state index in [1.807, 2.05) is 18.2 Å². The van der Waals surface area contributed by atoms with Gasteiger partial charge in [-0.05, 0) is 25.0 Å². The highest BCUT2D eigenvalue weighted by Crippen LogP contribution is 2.34. The molecule has 1 aromatic heterocycles. The van der Waals surface area contributed by atoms with Crippen LogP contribution in [-0.2, 0) is 5.54 Å². The molecule has 0 spiro atoms. The Hall–Kier alpha value is -1.48. The number of rotatable bonds is 1. The van der Waals surface area contributed by atoms with E-state index in [0.29, 0.717) is 5.52 Å². The van der Waals surface area contributed by atoms with E-state index in [1.165, 1.54) is 12.5 Å². The number of nitrogens with two attached hydrogens (primary N) is 1. The summed E-state index contributed by atoms with van der Waals surface area (Å²) in [7, 11) is 0. The number of hydrogen-bond acceptors (Lipinski definition) is 2. The van der Waals surface area contributed by atoms with Crippen LogP contribution in [0.1, 0.15) is 37.8 Å². The van der Waals surface area contributed by atoms with E-state index < -0.39 is 0 Å². The Kier molecular flexibility index (Phi) is 2.78. The number of pyridine rings is 1. The lowest BCUT2D eigenvalue weighted by Crippen LogP contribution is -2.39. The number of benzene rings is 1. The van der Waals surface area contributed by atoms with Crippen LogP contribution in [0.2, 0.25) is 0 Å². The van der Waals surface area contributed by atoms with E-state index in [0.717, 1.165) is 36.8 Å². The third-order valence-electron chi connectivity index (χ3n) is 3.93. The van der Waals surface area contributed by atoms with Crippen LogP contribution in [0.4, 0.5) is 4.39 Å². The molecule has 1 heterocycles. The highest BCUT2D eigenvalue weighted by molar-refractivity contribution is 5.79. The van der Waals surface area contributed by atoms with Crippen molar-refractivity contribution in [3.05, 3.63) is 41.8 Å². The summed E-state index contributed by atoms with van der Waals surface area (Å²) < 4.78 is 13.8. The molecular weight excluding hydrogens is 227 g/mol. The van der Waals surface area contributed by atoms with Crippen LogP contribution in [0.15, 0.2) is 30.3 Å². The minimum atomic E-state index is -0.366. The van der Waals surface area contributed by atoms with Gasteiger partial charge in [0, 0.05) is 5.39 Å². The SMILES string of the molecule is NC1(c2ccc3cccc(F)c3n2)CCCCC1. The maximum Gasteiger partial charge on any atom is 0.149 e. The van der Waals surface area contributed by atoms with E-state index in [1.54, 1.807) is 6.07 Å². The Morgan fingerprint density at radius 1 is 1.06 bits per heavy atom. The van der Waals surface area contributed by atoms with Gasteiger partial charge >= 0.3 is 0 Å². The maximum absolute atomic E-state index is 13.8. The summed E-state index contributed by atoms with van der Waals surface area (Å²) in [6, 6.07) is 8.90. The van der Waals surface area contributed by atoms with Crippen molar-refractivity contribution in [3.8, 4) is 0 Å². The number of halogens is 1. The fraction of sp³-hybridized carbons (Fsp3) is 0.400. The third-order valence-corrected chi connectivity index (χ3v) is 3.93. The second kappa shape index (κ2) is 4.32. The van der Waals surface area contributed by atoms with Crippen molar-refractivity contribution < 1.29 is 4.39 Å². The lowest BCUT2D eigenvalue weighted by molar-refractivity contribution is 0.295. The summed E-state index contributed by atoms with van der Waals surface area (Å²) >= 11 is 0. The van der Waals surface area contributed by atoms with Gasteiger partial charge in [0.2, 0.25) is 0 Å². The molecule has 0 bridgehead atoms. The van der Waals surface area contributed by atoms with E-state index in [9.17, 15) is 4.39 Å². The second-order valence-corrected chi connectivity index (χ2v) is 5.22. The molecule has 0 amide bonds. The van der Waals surface area contributed by atoms with E-state index in [2.05, 4.69) is 4.98 Å². The average Bonchev–Trinajstić information content (AvgIpc) is 2.40. The highest BCUT2D eigenvalue weighted by atomic mass is 19.1. The van der Waals surface area contributed by atoms with Crippen LogP contribution in [-0.4, -0.2) is 4.98 Å². The molecule has 0 aliphatic heterocycles. The van der Waals surface area contributed by atoms with Crippen LogP contribution in [0.25, 0.3) is 10.9 Å². The maximum atomic E-state index is 13.8. The van der Waals surface area contributed by atoms with Crippen LogP contribution in [0.5, 0.6) is 0 Å². The number of fused-ring (bicyclic) bond motifs is 1. The molecule has 0 atom stereocenters. The largest absolute Gasteiger partial charge is 0.320 e. The van der Waals surface area contributed by atoms with Gasteiger partial charge in [0.1, 0.15) is 11.3 Å². The molecule has 18 heavy (non-hydrogen) atoms. The Bertz CT molecular complexity index is 574. The molecule has 1 aliphatic rings. The van der Waals surface area contributed by atoms with Gasteiger partial charge in [-0.25, -0.2) is 9.37 Å². The number of aromatic nitrogens is 1. The molecule has 0 saturated heterocycles. The summed E-state index contributed by atoms with van der Waals surface area (Å²) in [5, 5.41) is 0.832. The standard InChI is InChI=1S/C15H17FN2/c16-12-6-4-5-11-7-8-13(18-14(11)12)15(17)9-2-1-3-10-15/h4-8H,1-3,9-10,17H2. The molecular formula is C15H17FN2. The molecule has 3 heteroatoms. The minimum Gasteiger partial charge on any atom is -0.320 e. The van der Waals surface area contributed by atoms with Crippen LogP contribution in [0, 0.1) is 5.82 Å². The Labute approximate surface area is 106 Å². The van der Waals surface area contributed by atoms with E-state index in [-0.39, 0.29) is 11.4 Å². The molecule has 0 radical (unpaired) electrons. The Morgan fingerprint density at radius 3 is 2.61 bits per heavy atom. The fourth-order valence-electron chi connectivity index (χ4n) is 2.83. The molecule has 1 aromatic carbocycles. The number of nitrogens with zero attached hydrogens (tertiary/aromatic N) is 1. The zero-order valence-electron chi connectivity index (χ0n) is 10.3. The smallest absolute Gasteiger partial charge is 0.149 e. The van der Waals surface area contributed by atoms with E-state index >= 15 is 0 Å². The minimum absolute atomic E-state index is 0.270. The van der Waals surface area contributed by atoms with E-state index in [4.69, 9.17) is 5.73 Å². The van der Waals surface area contributed by atoms with Crippen LogP contribution in [0.3, 0.4) is 0 Å². The highest BCUT2D eigenvalue weighted by Gasteiger charge is 2.30. The quantitative estimate of drug-likeness (QED) is 0.834. The molecule has 2 nitrogen and oxygen atoms in total. The summed E-state index contributed by atoms with van der Waals surface area (Å²) in [5.74, 6) is -0.270. The Balaban J connectivity index is 2.10. The molecule has 2 aromatic rings. The van der Waals surface area contributed by atoms with Crippen molar-refractivity contribution in [3.63, 3.8) is 0 Å². The lowest BCUT2D eigenvalue weighted by Gasteiger charge is -2.33. The van der Waals surface area contributed by atoms with Gasteiger partial charge in [-0.2, -0.15) is 0 Å². The first kappa shape index (κ1) is 11.6. The predicted molar refractivity (Wildman–Crippen MR) is 70.7 cm³/mol. The molecule has 1 saturated carbocycles. The fourth-order valence-corrected chi connectivity index (χ4v) is 2.83. The van der Waals surface area contributed by atoms with Crippen LogP contribution >= 0.6 is 0 Å². The van der Waals surface area contributed by atoms with Gasteiger partial charge in [0.25, 0.3) is 0 Å². The molecule has 94 valence electrons. The van der Waals surface area contributed by atoms with Crippen molar-refractivity contribution in [2.24, 2.45) is 5.73 Å². The predicted octanol–water partition coefficient (Wildman–Crippen LogP) is 3.49. The van der Waals surface area contributed by atoms with Gasteiger partial charge in [0.05, 0.1) is 11.2 Å². The second-order valence-electron chi connectivity index (χ2n) is 5.22. The van der Waals surface area contributed by atoms with Crippen molar-refractivity contribution in [2.75, 3.05) is 0 Å². The van der Waals surface area contributed by atoms with Gasteiger partial charge in [-0.1, -0.05) is 37.5 Å². The third kappa shape index (κ3) is 1.89. The van der Waals surface area contributed by atoms with Crippen molar-refractivity contribution in [1.29, 1.82) is 0 Å². The molecule has 2 N–H and O–H groups in total. The normalized spacial score (nSPS) is 19.0. The topological polar surface area (TPSA) is 38.9 Å². The average molecular weight is 244 g/mol. The van der Waals surface area contributed by atoms with Gasteiger partial charge in [-0.3, -0.25) is 0 Å². The Morgan fingerprint density at radius 2 is 1.83 bits per heavy atom. The summed E-state index contributed by atoms with van der Waals surface area (Å²) in [4.78, 5) is 4.47. The monoisotopic (exact) mass is 244 g/mol. The zero-order chi connectivity index (χ0) is 12.6. The first-order chi connectivity index (χ1) is 8.69.